The number of carbonyl (C=O) groups is 1. The molecule has 194 valence electrons. The minimum Gasteiger partial charge on any atom is -0.322 e. The van der Waals surface area contributed by atoms with Crippen LogP contribution in [0.5, 0.6) is 0 Å². The van der Waals surface area contributed by atoms with Gasteiger partial charge < -0.3 is 5.32 Å². The van der Waals surface area contributed by atoms with Crippen molar-refractivity contribution < 1.29 is 22.0 Å². The fourth-order valence-corrected chi connectivity index (χ4v) is 7.87. The number of amides is 1. The average molecular weight is 541 g/mol. The summed E-state index contributed by atoms with van der Waals surface area (Å²) in [6, 6.07) is 9.28. The number of rotatable bonds is 7. The summed E-state index contributed by atoms with van der Waals surface area (Å²) in [5, 5.41) is 12.5. The van der Waals surface area contributed by atoms with Gasteiger partial charge >= 0.3 is 0 Å². The second kappa shape index (κ2) is 10.4. The minimum atomic E-state index is -4.12. The van der Waals surface area contributed by atoms with Crippen LogP contribution in [0.2, 0.25) is 0 Å². The van der Waals surface area contributed by atoms with Crippen LogP contribution < -0.4 is 10.0 Å². The molecule has 1 amide bonds. The van der Waals surface area contributed by atoms with Crippen molar-refractivity contribution in [3.63, 3.8) is 0 Å². The van der Waals surface area contributed by atoms with Gasteiger partial charge in [0.15, 0.2) is 0 Å². The molecule has 37 heavy (non-hydrogen) atoms. The molecule has 11 heteroatoms. The highest BCUT2D eigenvalue weighted by Gasteiger charge is 2.40. The van der Waals surface area contributed by atoms with Gasteiger partial charge in [-0.2, -0.15) is 9.57 Å². The molecule has 1 heterocycles. The minimum absolute atomic E-state index is 0.0214. The molecule has 3 N–H and O–H groups in total. The third kappa shape index (κ3) is 4.82. The van der Waals surface area contributed by atoms with Crippen molar-refractivity contribution in [3.05, 3.63) is 69.9 Å². The monoisotopic (exact) mass is 540 g/mol. The number of carbonyl (C=O) groups excluding carboxylic acids is 1. The lowest BCUT2D eigenvalue weighted by molar-refractivity contribution is -0.113. The Morgan fingerprint density at radius 1 is 1.11 bits per heavy atom. The first kappa shape index (κ1) is 25.6. The molecule has 0 saturated carbocycles. The molecule has 2 aliphatic carbocycles. The Kier molecular flexibility index (Phi) is 7.18. The summed E-state index contributed by atoms with van der Waals surface area (Å²) in [5.41, 5.74) is 5.64. The number of nitrogens with zero attached hydrogens (tertiary/aromatic N) is 2. The molecular formula is C26H28N4O5S2. The maximum Gasteiger partial charge on any atom is 0.258 e. The summed E-state index contributed by atoms with van der Waals surface area (Å²) in [6.07, 6.45) is 7.70. The van der Waals surface area contributed by atoms with E-state index in [9.17, 15) is 27.2 Å². The van der Waals surface area contributed by atoms with E-state index in [0.29, 0.717) is 12.8 Å². The van der Waals surface area contributed by atoms with Gasteiger partial charge in [0.2, 0.25) is 10.0 Å². The van der Waals surface area contributed by atoms with Crippen LogP contribution >= 0.6 is 0 Å². The summed E-state index contributed by atoms with van der Waals surface area (Å²) >= 11 is -2.44. The molecule has 0 spiro atoms. The predicted molar refractivity (Wildman–Crippen MR) is 139 cm³/mol. The Morgan fingerprint density at radius 2 is 1.78 bits per heavy atom. The Labute approximate surface area is 219 Å². The fraction of sp³-hybridized carbons (Fsp3) is 0.385. The van der Waals surface area contributed by atoms with Crippen molar-refractivity contribution in [2.24, 2.45) is 0 Å². The number of nitriles is 1. The highest BCUT2D eigenvalue weighted by atomic mass is 32.2. The normalized spacial score (nSPS) is 20.2. The molecule has 9 nitrogen and oxygen atoms in total. The first-order chi connectivity index (χ1) is 17.8. The number of hydrogen-bond donors (Lipinski definition) is 3. The number of fused-ring (bicyclic) bond motifs is 2. The molecular weight excluding hydrogens is 512 g/mol. The van der Waals surface area contributed by atoms with E-state index in [2.05, 4.69) is 16.1 Å². The molecule has 0 bridgehead atoms. The maximum absolute atomic E-state index is 13.8. The molecule has 2 aromatic carbocycles. The maximum atomic E-state index is 13.8. The van der Waals surface area contributed by atoms with Crippen molar-refractivity contribution in [1.82, 2.24) is 9.03 Å². The quantitative estimate of drug-likeness (QED) is 0.364. The van der Waals surface area contributed by atoms with E-state index >= 15 is 0 Å². The lowest BCUT2D eigenvalue weighted by Crippen LogP contribution is -2.40. The highest BCUT2D eigenvalue weighted by molar-refractivity contribution is 7.89. The van der Waals surface area contributed by atoms with Gasteiger partial charge in [-0.1, -0.05) is 18.2 Å². The average Bonchev–Trinajstić information content (AvgIpc) is 3.64. The number of anilines is 1. The molecule has 0 radical (unpaired) electrons. The van der Waals surface area contributed by atoms with E-state index in [-0.39, 0.29) is 22.6 Å². The lowest BCUT2D eigenvalue weighted by atomic mass is 9.98. The first-order valence-corrected chi connectivity index (χ1v) is 14.9. The second-order valence-corrected chi connectivity index (χ2v) is 12.1. The summed E-state index contributed by atoms with van der Waals surface area (Å²) in [7, 11) is -4.12. The standard InChI is InChI=1S/C26H28N4O5S2/c27-15-19-6-1-2-12-24(19)37(34,35)30-13-5-11-23(30)22(16-28-36(32)33)26(31)29-25-20-9-3-7-17(20)14-18-8-4-10-21(18)25/h1-2,6,12,14,16,23,28H,3-5,7-11,13H2,(H,29,31)(H,32,33). The van der Waals surface area contributed by atoms with Gasteiger partial charge in [-0.25, -0.2) is 12.6 Å². The van der Waals surface area contributed by atoms with Gasteiger partial charge in [0.1, 0.15) is 6.07 Å². The Bertz CT molecular complexity index is 1430. The van der Waals surface area contributed by atoms with E-state index in [0.717, 1.165) is 61.5 Å². The van der Waals surface area contributed by atoms with E-state index in [4.69, 9.17) is 0 Å². The summed E-state index contributed by atoms with van der Waals surface area (Å²) in [4.78, 5) is 13.6. The molecule has 1 saturated heterocycles. The third-order valence-electron chi connectivity index (χ3n) is 7.45. The van der Waals surface area contributed by atoms with Crippen LogP contribution in [0.3, 0.4) is 0 Å². The Hall–Kier alpha value is -3.04. The van der Waals surface area contributed by atoms with Gasteiger partial charge in [0, 0.05) is 18.4 Å². The van der Waals surface area contributed by atoms with E-state index in [1.54, 1.807) is 12.1 Å². The lowest BCUT2D eigenvalue weighted by Gasteiger charge is -2.27. The SMILES string of the molecule is N#Cc1ccccc1S(=O)(=O)N1CCCC1C(=CNS(=O)O)C(=O)Nc1c2c(cc3c1CCC3)CCC2. The van der Waals surface area contributed by atoms with E-state index in [1.807, 2.05) is 6.07 Å². The van der Waals surface area contributed by atoms with Gasteiger partial charge in [0.25, 0.3) is 17.2 Å². The zero-order valence-corrected chi connectivity index (χ0v) is 21.8. The van der Waals surface area contributed by atoms with Crippen LogP contribution in [-0.4, -0.2) is 40.0 Å². The Balaban J connectivity index is 1.52. The van der Waals surface area contributed by atoms with Gasteiger partial charge in [-0.05, 0) is 85.8 Å². The van der Waals surface area contributed by atoms with E-state index < -0.39 is 33.2 Å². The molecule has 5 rings (SSSR count). The third-order valence-corrected chi connectivity index (χ3v) is 9.73. The number of hydrogen-bond acceptors (Lipinski definition) is 5. The van der Waals surface area contributed by atoms with Gasteiger partial charge in [0.05, 0.1) is 22.1 Å². The molecule has 3 aliphatic rings. The van der Waals surface area contributed by atoms with Crippen LogP contribution in [0, 0.1) is 11.3 Å². The zero-order valence-electron chi connectivity index (χ0n) is 20.2. The smallest absolute Gasteiger partial charge is 0.258 e. The molecule has 1 fully saturated rings. The molecule has 2 aromatic rings. The van der Waals surface area contributed by atoms with Crippen molar-refractivity contribution in [2.45, 2.75) is 62.3 Å². The molecule has 0 aromatic heterocycles. The van der Waals surface area contributed by atoms with Gasteiger partial charge in [-0.3, -0.25) is 14.1 Å². The van der Waals surface area contributed by atoms with Crippen LogP contribution in [0.1, 0.15) is 53.5 Å². The van der Waals surface area contributed by atoms with Crippen molar-refractivity contribution in [2.75, 3.05) is 11.9 Å². The number of sulfonamides is 1. The molecule has 1 aliphatic heterocycles. The van der Waals surface area contributed by atoms with Crippen molar-refractivity contribution in [1.29, 1.82) is 5.26 Å². The van der Waals surface area contributed by atoms with Crippen LogP contribution in [0.4, 0.5) is 5.69 Å². The largest absolute Gasteiger partial charge is 0.322 e. The number of benzene rings is 2. The topological polar surface area (TPSA) is 140 Å². The molecule has 2 atom stereocenters. The zero-order chi connectivity index (χ0) is 26.2. The van der Waals surface area contributed by atoms with E-state index in [1.165, 1.54) is 27.6 Å². The van der Waals surface area contributed by atoms with Crippen LogP contribution in [0.15, 0.2) is 47.0 Å². The summed E-state index contributed by atoms with van der Waals surface area (Å²) in [5.74, 6) is -0.506. The fourth-order valence-electron chi connectivity index (χ4n) is 5.83. The van der Waals surface area contributed by atoms with Crippen molar-refractivity contribution in [3.8, 4) is 6.07 Å². The number of aryl methyl sites for hydroxylation is 2. The van der Waals surface area contributed by atoms with Crippen LogP contribution in [0.25, 0.3) is 0 Å². The van der Waals surface area contributed by atoms with Crippen molar-refractivity contribution >= 4 is 32.9 Å². The van der Waals surface area contributed by atoms with Gasteiger partial charge in [-0.15, -0.1) is 0 Å². The summed E-state index contributed by atoms with van der Waals surface area (Å²) < 4.78 is 51.6. The first-order valence-electron chi connectivity index (χ1n) is 12.4. The summed E-state index contributed by atoms with van der Waals surface area (Å²) in [6.45, 7) is 0.162. The predicted octanol–water partition coefficient (Wildman–Crippen LogP) is 2.94. The van der Waals surface area contributed by atoms with Crippen LogP contribution in [-0.2, 0) is 51.8 Å². The number of nitrogens with one attached hydrogen (secondary N) is 2. The molecule has 2 unspecified atom stereocenters. The Morgan fingerprint density at radius 3 is 2.43 bits per heavy atom. The highest BCUT2D eigenvalue weighted by Crippen LogP contribution is 2.39. The second-order valence-electron chi connectivity index (χ2n) is 9.54.